The van der Waals surface area contributed by atoms with Crippen LogP contribution in [0, 0.1) is 13.8 Å². The number of benzene rings is 1. The van der Waals surface area contributed by atoms with E-state index in [2.05, 4.69) is 36.9 Å². The third-order valence-corrected chi connectivity index (χ3v) is 3.51. The summed E-state index contributed by atoms with van der Waals surface area (Å²) >= 11 is 0. The van der Waals surface area contributed by atoms with Gasteiger partial charge in [-0.25, -0.2) is 0 Å². The van der Waals surface area contributed by atoms with Crippen molar-refractivity contribution in [3.05, 3.63) is 29.3 Å². The zero-order valence-corrected chi connectivity index (χ0v) is 11.1. The molecule has 1 heterocycles. The Morgan fingerprint density at radius 1 is 1.22 bits per heavy atom. The summed E-state index contributed by atoms with van der Waals surface area (Å²) in [6, 6.07) is 6.50. The van der Waals surface area contributed by atoms with Gasteiger partial charge in [-0.2, -0.15) is 0 Å². The number of hydrogen-bond donors (Lipinski definition) is 1. The van der Waals surface area contributed by atoms with Gasteiger partial charge < -0.3 is 15.5 Å². The predicted octanol–water partition coefficient (Wildman–Crippen LogP) is 0.911. The Kier molecular flexibility index (Phi) is 3.87. The van der Waals surface area contributed by atoms with Crippen molar-refractivity contribution in [2.75, 3.05) is 37.6 Å². The predicted molar refractivity (Wildman–Crippen MR) is 73.8 cm³/mol. The Hall–Kier alpha value is -1.55. The lowest BCUT2D eigenvalue weighted by atomic mass is 10.1. The van der Waals surface area contributed by atoms with Crippen molar-refractivity contribution in [2.45, 2.75) is 13.8 Å². The van der Waals surface area contributed by atoms with Crippen molar-refractivity contribution in [3.63, 3.8) is 0 Å². The quantitative estimate of drug-likeness (QED) is 0.845. The number of rotatable bonds is 2. The summed E-state index contributed by atoms with van der Waals surface area (Å²) in [5.41, 5.74) is 9.24. The van der Waals surface area contributed by atoms with Crippen molar-refractivity contribution < 1.29 is 4.79 Å². The van der Waals surface area contributed by atoms with Crippen LogP contribution in [0.15, 0.2) is 18.2 Å². The molecule has 1 amide bonds. The lowest BCUT2D eigenvalue weighted by Gasteiger charge is -2.36. The molecule has 0 aromatic heterocycles. The molecule has 4 nitrogen and oxygen atoms in total. The molecule has 1 aliphatic rings. The zero-order valence-electron chi connectivity index (χ0n) is 11.1. The average Bonchev–Trinajstić information content (AvgIpc) is 2.41. The topological polar surface area (TPSA) is 49.6 Å². The van der Waals surface area contributed by atoms with E-state index in [9.17, 15) is 4.79 Å². The molecule has 2 rings (SSSR count). The van der Waals surface area contributed by atoms with E-state index < -0.39 is 0 Å². The van der Waals surface area contributed by atoms with Crippen LogP contribution in [0.1, 0.15) is 11.1 Å². The van der Waals surface area contributed by atoms with Crippen LogP contribution in [0.5, 0.6) is 0 Å². The van der Waals surface area contributed by atoms with Crippen molar-refractivity contribution in [1.82, 2.24) is 4.90 Å². The van der Waals surface area contributed by atoms with Gasteiger partial charge in [0, 0.05) is 31.9 Å². The number of nitrogens with zero attached hydrogens (tertiary/aromatic N) is 2. The molecule has 98 valence electrons. The van der Waals surface area contributed by atoms with E-state index in [1.807, 2.05) is 4.90 Å². The minimum absolute atomic E-state index is 0.0515. The number of piperazine rings is 1. The molecule has 1 aromatic rings. The Bertz CT molecular complexity index is 437. The van der Waals surface area contributed by atoms with Crippen LogP contribution in [0.3, 0.4) is 0 Å². The molecule has 18 heavy (non-hydrogen) atoms. The summed E-state index contributed by atoms with van der Waals surface area (Å²) in [6.45, 7) is 7.66. The molecule has 0 unspecified atom stereocenters. The van der Waals surface area contributed by atoms with Crippen molar-refractivity contribution in [2.24, 2.45) is 5.73 Å². The highest BCUT2D eigenvalue weighted by Gasteiger charge is 2.20. The molecule has 1 aromatic carbocycles. The maximum absolute atomic E-state index is 11.5. The van der Waals surface area contributed by atoms with Crippen LogP contribution in [-0.2, 0) is 4.79 Å². The fourth-order valence-corrected chi connectivity index (χ4v) is 2.39. The molecule has 1 fully saturated rings. The number of aryl methyl sites for hydroxylation is 2. The van der Waals surface area contributed by atoms with Crippen LogP contribution < -0.4 is 10.6 Å². The summed E-state index contributed by atoms with van der Waals surface area (Å²) in [4.78, 5) is 15.7. The molecule has 2 N–H and O–H groups in total. The summed E-state index contributed by atoms with van der Waals surface area (Å²) < 4.78 is 0. The average molecular weight is 247 g/mol. The van der Waals surface area contributed by atoms with E-state index >= 15 is 0 Å². The number of carbonyl (C=O) groups is 1. The Morgan fingerprint density at radius 2 is 1.89 bits per heavy atom. The van der Waals surface area contributed by atoms with Crippen molar-refractivity contribution in [3.8, 4) is 0 Å². The molecule has 0 atom stereocenters. The van der Waals surface area contributed by atoms with Gasteiger partial charge >= 0.3 is 0 Å². The first-order valence-electron chi connectivity index (χ1n) is 6.42. The third kappa shape index (κ3) is 2.64. The van der Waals surface area contributed by atoms with E-state index in [1.165, 1.54) is 16.8 Å². The molecule has 1 aliphatic heterocycles. The standard InChI is InChI=1S/C14H21N3O/c1-11-3-4-12(2)13(9-11)16-5-7-17(8-6-16)14(18)10-15/h3-4,9H,5-8,10,15H2,1-2H3. The Morgan fingerprint density at radius 3 is 2.50 bits per heavy atom. The van der Waals surface area contributed by atoms with E-state index in [0.717, 1.165) is 26.2 Å². The number of hydrogen-bond acceptors (Lipinski definition) is 3. The highest BCUT2D eigenvalue weighted by molar-refractivity contribution is 5.78. The van der Waals surface area contributed by atoms with Crippen LogP contribution in [0.2, 0.25) is 0 Å². The minimum Gasteiger partial charge on any atom is -0.368 e. The van der Waals surface area contributed by atoms with Gasteiger partial charge in [-0.05, 0) is 31.0 Å². The zero-order chi connectivity index (χ0) is 13.1. The largest absolute Gasteiger partial charge is 0.368 e. The molecule has 0 bridgehead atoms. The molecule has 0 spiro atoms. The van der Waals surface area contributed by atoms with Crippen LogP contribution in [-0.4, -0.2) is 43.5 Å². The number of anilines is 1. The molecule has 1 saturated heterocycles. The highest BCUT2D eigenvalue weighted by atomic mass is 16.2. The fraction of sp³-hybridized carbons (Fsp3) is 0.500. The first kappa shape index (κ1) is 12.9. The second-order valence-corrected chi connectivity index (χ2v) is 4.86. The monoisotopic (exact) mass is 247 g/mol. The lowest BCUT2D eigenvalue weighted by Crippen LogP contribution is -2.50. The first-order valence-corrected chi connectivity index (χ1v) is 6.42. The number of carbonyl (C=O) groups excluding carboxylic acids is 1. The van der Waals surface area contributed by atoms with E-state index in [4.69, 9.17) is 5.73 Å². The molecule has 4 heteroatoms. The summed E-state index contributed by atoms with van der Waals surface area (Å²) in [6.07, 6.45) is 0. The van der Waals surface area contributed by atoms with Gasteiger partial charge in [0.05, 0.1) is 6.54 Å². The first-order chi connectivity index (χ1) is 8.61. The van der Waals surface area contributed by atoms with Crippen LogP contribution in [0.25, 0.3) is 0 Å². The van der Waals surface area contributed by atoms with Gasteiger partial charge in [0.1, 0.15) is 0 Å². The fourth-order valence-electron chi connectivity index (χ4n) is 2.39. The number of nitrogens with two attached hydrogens (primary N) is 1. The summed E-state index contributed by atoms with van der Waals surface area (Å²) in [5.74, 6) is 0.0515. The summed E-state index contributed by atoms with van der Waals surface area (Å²) in [5, 5.41) is 0. The molecule has 0 saturated carbocycles. The van der Waals surface area contributed by atoms with Gasteiger partial charge in [0.15, 0.2) is 0 Å². The van der Waals surface area contributed by atoms with Gasteiger partial charge in [-0.15, -0.1) is 0 Å². The Balaban J connectivity index is 2.05. The molecular formula is C14H21N3O. The molecule has 0 aliphatic carbocycles. The normalized spacial score (nSPS) is 15.9. The van der Waals surface area contributed by atoms with Crippen LogP contribution in [0.4, 0.5) is 5.69 Å². The van der Waals surface area contributed by atoms with Crippen molar-refractivity contribution >= 4 is 11.6 Å². The van der Waals surface area contributed by atoms with Gasteiger partial charge in [0.25, 0.3) is 0 Å². The van der Waals surface area contributed by atoms with Crippen LogP contribution >= 0.6 is 0 Å². The van der Waals surface area contributed by atoms with Gasteiger partial charge in [0.2, 0.25) is 5.91 Å². The highest BCUT2D eigenvalue weighted by Crippen LogP contribution is 2.22. The van der Waals surface area contributed by atoms with Gasteiger partial charge in [-0.1, -0.05) is 12.1 Å². The van der Waals surface area contributed by atoms with E-state index in [-0.39, 0.29) is 12.5 Å². The SMILES string of the molecule is Cc1ccc(C)c(N2CCN(C(=O)CN)CC2)c1. The third-order valence-electron chi connectivity index (χ3n) is 3.51. The minimum atomic E-state index is 0.0515. The maximum atomic E-state index is 11.5. The number of amides is 1. The lowest BCUT2D eigenvalue weighted by molar-refractivity contribution is -0.129. The van der Waals surface area contributed by atoms with E-state index in [1.54, 1.807) is 0 Å². The summed E-state index contributed by atoms with van der Waals surface area (Å²) in [7, 11) is 0. The molecule has 0 radical (unpaired) electrons. The second kappa shape index (κ2) is 5.40. The Labute approximate surface area is 108 Å². The van der Waals surface area contributed by atoms with Gasteiger partial charge in [-0.3, -0.25) is 4.79 Å². The smallest absolute Gasteiger partial charge is 0.236 e. The van der Waals surface area contributed by atoms with E-state index in [0.29, 0.717) is 0 Å². The second-order valence-electron chi connectivity index (χ2n) is 4.86. The molecular weight excluding hydrogens is 226 g/mol. The van der Waals surface area contributed by atoms with Crippen molar-refractivity contribution in [1.29, 1.82) is 0 Å². The maximum Gasteiger partial charge on any atom is 0.236 e.